The minimum atomic E-state index is -6.08. The van der Waals surface area contributed by atoms with Crippen LogP contribution in [0.1, 0.15) is 12.8 Å². The van der Waals surface area contributed by atoms with Crippen molar-refractivity contribution in [3.05, 3.63) is 27.2 Å². The van der Waals surface area contributed by atoms with Gasteiger partial charge in [-0.15, -0.1) is 0 Å². The van der Waals surface area contributed by atoms with Gasteiger partial charge in [0.1, 0.15) is 0 Å². The summed E-state index contributed by atoms with van der Waals surface area (Å²) in [6.45, 7) is -1.61. The zero-order chi connectivity index (χ0) is 24.0. The lowest BCUT2D eigenvalue weighted by atomic mass is 10.1. The first-order chi connectivity index (χ1) is 13.9. The van der Waals surface area contributed by atoms with Crippen molar-refractivity contribution in [1.82, 2.24) is 18.7 Å². The Kier molecular flexibility index (Phi) is 6.54. The molecule has 0 aromatic carbocycles. The largest absolute Gasteiger partial charge is 0.392 e. The summed E-state index contributed by atoms with van der Waals surface area (Å²) in [7, 11) is -3.66. The minimum Gasteiger partial charge on any atom is -0.360 e. The lowest BCUT2D eigenvalue weighted by Gasteiger charge is -2.35. The third-order valence-electron chi connectivity index (χ3n) is 4.40. The van der Waals surface area contributed by atoms with Gasteiger partial charge in [-0.25, -0.2) is 9.78 Å². The van der Waals surface area contributed by atoms with E-state index in [-0.39, 0.29) is 11.2 Å². The van der Waals surface area contributed by atoms with Crippen molar-refractivity contribution in [2.24, 2.45) is 14.1 Å². The van der Waals surface area contributed by atoms with Gasteiger partial charge in [-0.05, 0) is 0 Å². The predicted molar refractivity (Wildman–Crippen MR) is 92.3 cm³/mol. The molecule has 0 fully saturated rings. The molecule has 0 atom stereocenters. The van der Waals surface area contributed by atoms with Gasteiger partial charge in [-0.2, -0.15) is 26.3 Å². The molecule has 0 saturated carbocycles. The molecule has 0 unspecified atom stereocenters. The van der Waals surface area contributed by atoms with E-state index in [0.29, 0.717) is 4.57 Å². The average molecular weight is 482 g/mol. The molecule has 2 heterocycles. The van der Waals surface area contributed by atoms with Gasteiger partial charge in [0.2, 0.25) is 0 Å². The van der Waals surface area contributed by atoms with Crippen LogP contribution in [0.25, 0.3) is 11.2 Å². The quantitative estimate of drug-likeness (QED) is 0.449. The number of imidazole rings is 1. The molecule has 0 aliphatic heterocycles. The van der Waals surface area contributed by atoms with E-state index in [9.17, 15) is 50.3 Å². The normalized spacial score (nSPS) is 13.9. The SMILES string of the molecule is Cn1c(=O)c2c(ncn2CCOC(CC(F)(F)F)(CC(F)(F)F)P(=O)(O)O)n(C)c1=O. The topological polar surface area (TPSA) is 129 Å². The van der Waals surface area contributed by atoms with Crippen LogP contribution < -0.4 is 11.2 Å². The molecule has 0 radical (unpaired) electrons. The fourth-order valence-electron chi connectivity index (χ4n) is 2.98. The lowest BCUT2D eigenvalue weighted by molar-refractivity contribution is -0.211. The van der Waals surface area contributed by atoms with Gasteiger partial charge in [0.05, 0.1) is 25.8 Å². The van der Waals surface area contributed by atoms with Crippen LogP contribution in [0.2, 0.25) is 0 Å². The summed E-state index contributed by atoms with van der Waals surface area (Å²) >= 11 is 0. The van der Waals surface area contributed by atoms with Crippen molar-refractivity contribution < 1.29 is 45.4 Å². The van der Waals surface area contributed by atoms with Crippen LogP contribution in [0.15, 0.2) is 15.9 Å². The molecule has 31 heavy (non-hydrogen) atoms. The van der Waals surface area contributed by atoms with E-state index in [1.807, 2.05) is 0 Å². The summed E-state index contributed by atoms with van der Waals surface area (Å²) in [5.41, 5.74) is -1.89. The first-order valence-electron chi connectivity index (χ1n) is 8.32. The number of aromatic nitrogens is 4. The number of ether oxygens (including phenoxy) is 1. The maximum absolute atomic E-state index is 12.9. The Bertz CT molecular complexity index is 1110. The van der Waals surface area contributed by atoms with Crippen LogP contribution in [-0.2, 0) is 29.9 Å². The molecule has 2 rings (SSSR count). The molecule has 2 aromatic heterocycles. The van der Waals surface area contributed by atoms with Gasteiger partial charge < -0.3 is 19.1 Å². The van der Waals surface area contributed by atoms with Gasteiger partial charge in [0.25, 0.3) is 5.56 Å². The zero-order valence-electron chi connectivity index (χ0n) is 15.9. The standard InChI is InChI=1S/C14H17F6N4O6P/c1-22-9-8(10(25)23(2)11(22)26)24(7-21-9)3-4-30-12(31(27,28)29,5-13(15,16)17)6-14(18,19)20/h7H,3-6H2,1-2H3,(H2,27,28,29). The number of hydrogen-bond acceptors (Lipinski definition) is 5. The number of halogens is 6. The highest BCUT2D eigenvalue weighted by atomic mass is 31.2. The molecule has 0 aliphatic carbocycles. The van der Waals surface area contributed by atoms with E-state index in [1.54, 1.807) is 0 Å². The van der Waals surface area contributed by atoms with Crippen molar-refractivity contribution in [3.8, 4) is 0 Å². The Morgan fingerprint density at radius 3 is 2.00 bits per heavy atom. The molecule has 2 N–H and O–H groups in total. The van der Waals surface area contributed by atoms with Crippen LogP contribution in [0.3, 0.4) is 0 Å². The van der Waals surface area contributed by atoms with Gasteiger partial charge in [0.15, 0.2) is 16.5 Å². The summed E-state index contributed by atoms with van der Waals surface area (Å²) in [5, 5.41) is -3.91. The second-order valence-corrected chi connectivity index (χ2v) is 8.64. The Morgan fingerprint density at radius 2 is 1.55 bits per heavy atom. The van der Waals surface area contributed by atoms with E-state index in [4.69, 9.17) is 0 Å². The van der Waals surface area contributed by atoms with Gasteiger partial charge in [-0.1, -0.05) is 0 Å². The Balaban J connectivity index is 2.42. The molecule has 2 aromatic rings. The molecule has 176 valence electrons. The zero-order valence-corrected chi connectivity index (χ0v) is 16.8. The fourth-order valence-corrected chi connectivity index (χ4v) is 4.01. The van der Waals surface area contributed by atoms with Gasteiger partial charge >= 0.3 is 25.6 Å². The van der Waals surface area contributed by atoms with Crippen LogP contribution in [0.4, 0.5) is 26.3 Å². The predicted octanol–water partition coefficient (Wildman–Crippen LogP) is 1.23. The third kappa shape index (κ3) is 5.37. The third-order valence-corrected chi connectivity index (χ3v) is 5.91. The van der Waals surface area contributed by atoms with Crippen molar-refractivity contribution >= 4 is 18.8 Å². The number of alkyl halides is 6. The minimum absolute atomic E-state index is 0.111. The highest BCUT2D eigenvalue weighted by Crippen LogP contribution is 2.59. The van der Waals surface area contributed by atoms with Gasteiger partial charge in [0, 0.05) is 20.6 Å². The molecule has 0 saturated heterocycles. The van der Waals surface area contributed by atoms with Crippen molar-refractivity contribution in [3.63, 3.8) is 0 Å². The first-order valence-corrected chi connectivity index (χ1v) is 9.94. The number of rotatable bonds is 7. The molecule has 17 heteroatoms. The van der Waals surface area contributed by atoms with Crippen molar-refractivity contribution in [2.45, 2.75) is 37.1 Å². The average Bonchev–Trinajstić information content (AvgIpc) is 2.98. The van der Waals surface area contributed by atoms with E-state index in [1.165, 1.54) is 7.05 Å². The van der Waals surface area contributed by atoms with Crippen LogP contribution in [-0.4, -0.2) is 52.8 Å². The number of nitrogens with zero attached hydrogens (tertiary/aromatic N) is 4. The Morgan fingerprint density at radius 1 is 1.03 bits per heavy atom. The Labute approximate surface area is 168 Å². The maximum Gasteiger partial charge on any atom is 0.392 e. The van der Waals surface area contributed by atoms with E-state index in [2.05, 4.69) is 9.72 Å². The second kappa shape index (κ2) is 8.07. The van der Waals surface area contributed by atoms with Crippen LogP contribution in [0.5, 0.6) is 0 Å². The summed E-state index contributed by atoms with van der Waals surface area (Å²) in [6.07, 6.45) is -14.9. The fraction of sp³-hybridized carbons (Fsp3) is 0.643. The summed E-state index contributed by atoms with van der Waals surface area (Å²) in [6, 6.07) is 0. The van der Waals surface area contributed by atoms with Crippen molar-refractivity contribution in [2.75, 3.05) is 6.61 Å². The highest BCUT2D eigenvalue weighted by molar-refractivity contribution is 7.53. The van der Waals surface area contributed by atoms with Crippen molar-refractivity contribution in [1.29, 1.82) is 0 Å². The van der Waals surface area contributed by atoms with Gasteiger partial charge in [-0.3, -0.25) is 18.5 Å². The Hall–Kier alpha value is -2.16. The monoisotopic (exact) mass is 482 g/mol. The summed E-state index contributed by atoms with van der Waals surface area (Å²) in [5.74, 6) is 0. The number of hydrogen-bond donors (Lipinski definition) is 2. The molecule has 0 aliphatic rings. The van der Waals surface area contributed by atoms with E-state index in [0.717, 1.165) is 22.5 Å². The van der Waals surface area contributed by atoms with Crippen LogP contribution >= 0.6 is 7.60 Å². The molecular weight excluding hydrogens is 465 g/mol. The molecule has 0 amide bonds. The highest BCUT2D eigenvalue weighted by Gasteiger charge is 2.59. The number of aryl methyl sites for hydroxylation is 1. The smallest absolute Gasteiger partial charge is 0.360 e. The summed E-state index contributed by atoms with van der Waals surface area (Å²) in [4.78, 5) is 46.6. The first kappa shape index (κ1) is 25.1. The number of fused-ring (bicyclic) bond motifs is 1. The maximum atomic E-state index is 12.9. The molecule has 10 nitrogen and oxygen atoms in total. The molecule has 0 spiro atoms. The second-order valence-electron chi connectivity index (χ2n) is 6.74. The van der Waals surface area contributed by atoms with Crippen LogP contribution in [0, 0.1) is 0 Å². The van der Waals surface area contributed by atoms with E-state index >= 15 is 0 Å². The molecule has 0 bridgehead atoms. The lowest BCUT2D eigenvalue weighted by Crippen LogP contribution is -2.42. The summed E-state index contributed by atoms with van der Waals surface area (Å²) < 4.78 is 96.1. The van der Waals surface area contributed by atoms with E-state index < -0.39 is 62.5 Å². The molecular formula is C14H17F6N4O6P.